The van der Waals surface area contributed by atoms with Gasteiger partial charge in [-0.05, 0) is 44.1 Å². The van der Waals surface area contributed by atoms with E-state index in [2.05, 4.69) is 35.3 Å². The van der Waals surface area contributed by atoms with Gasteiger partial charge in [0, 0.05) is 19.1 Å². The molecule has 3 heteroatoms. The molecule has 1 aromatic rings. The zero-order chi connectivity index (χ0) is 12.1. The highest BCUT2D eigenvalue weighted by molar-refractivity contribution is 5.32. The summed E-state index contributed by atoms with van der Waals surface area (Å²) in [5, 5.41) is 12.2. The molecule has 0 amide bonds. The molecule has 1 unspecified atom stereocenters. The lowest BCUT2D eigenvalue weighted by Gasteiger charge is -2.27. The summed E-state index contributed by atoms with van der Waals surface area (Å²) in [4.78, 5) is 2.50. The van der Waals surface area contributed by atoms with Crippen molar-refractivity contribution in [3.63, 3.8) is 0 Å². The summed E-state index contributed by atoms with van der Waals surface area (Å²) < 4.78 is 0. The van der Waals surface area contributed by atoms with Crippen molar-refractivity contribution in [3.8, 4) is 6.07 Å². The second-order valence-corrected chi connectivity index (χ2v) is 4.55. The van der Waals surface area contributed by atoms with Gasteiger partial charge >= 0.3 is 0 Å². The van der Waals surface area contributed by atoms with Gasteiger partial charge < -0.3 is 5.32 Å². The molecule has 1 atom stereocenters. The smallest absolute Gasteiger partial charge is 0.0991 e. The van der Waals surface area contributed by atoms with Gasteiger partial charge in [0.15, 0.2) is 0 Å². The third-order valence-electron chi connectivity index (χ3n) is 3.44. The molecule has 1 aromatic carbocycles. The Kier molecular flexibility index (Phi) is 4.13. The van der Waals surface area contributed by atoms with Crippen LogP contribution in [-0.4, -0.2) is 31.1 Å². The van der Waals surface area contributed by atoms with Gasteiger partial charge in [0.05, 0.1) is 11.6 Å². The minimum atomic E-state index is 0.433. The van der Waals surface area contributed by atoms with Crippen LogP contribution in [0, 0.1) is 11.3 Å². The van der Waals surface area contributed by atoms with Crippen LogP contribution >= 0.6 is 0 Å². The van der Waals surface area contributed by atoms with Crippen LogP contribution in [0.2, 0.25) is 0 Å². The summed E-state index contributed by atoms with van der Waals surface area (Å²) >= 11 is 0. The second-order valence-electron chi connectivity index (χ2n) is 4.55. The van der Waals surface area contributed by atoms with Crippen molar-refractivity contribution in [1.29, 1.82) is 5.26 Å². The molecule has 0 aromatic heterocycles. The fourth-order valence-corrected chi connectivity index (χ4v) is 2.30. The third kappa shape index (κ3) is 3.06. The van der Waals surface area contributed by atoms with Gasteiger partial charge in [0.2, 0.25) is 0 Å². The van der Waals surface area contributed by atoms with Gasteiger partial charge in [-0.25, -0.2) is 0 Å². The number of rotatable bonds is 2. The molecule has 3 nitrogen and oxygen atoms in total. The lowest BCUT2D eigenvalue weighted by Crippen LogP contribution is -2.30. The number of nitrogens with one attached hydrogen (secondary N) is 1. The molecular formula is C14H19N3. The quantitative estimate of drug-likeness (QED) is 0.842. The maximum Gasteiger partial charge on any atom is 0.0991 e. The minimum absolute atomic E-state index is 0.433. The maximum atomic E-state index is 8.78. The van der Waals surface area contributed by atoms with E-state index < -0.39 is 0 Å². The van der Waals surface area contributed by atoms with E-state index in [9.17, 15) is 0 Å². The molecule has 1 heterocycles. The lowest BCUT2D eigenvalue weighted by molar-refractivity contribution is 0.225. The summed E-state index contributed by atoms with van der Waals surface area (Å²) in [6, 6.07) is 10.5. The normalized spacial score (nSPS) is 19.3. The first-order valence-corrected chi connectivity index (χ1v) is 6.26. The molecule has 1 aliphatic rings. The highest BCUT2D eigenvalue weighted by atomic mass is 15.2. The largest absolute Gasteiger partial charge is 0.315 e. The zero-order valence-corrected chi connectivity index (χ0v) is 10.3. The van der Waals surface area contributed by atoms with E-state index >= 15 is 0 Å². The minimum Gasteiger partial charge on any atom is -0.315 e. The Morgan fingerprint density at radius 2 is 2.00 bits per heavy atom. The summed E-state index contributed by atoms with van der Waals surface area (Å²) in [5.74, 6) is 0. The van der Waals surface area contributed by atoms with Gasteiger partial charge in [0.1, 0.15) is 0 Å². The van der Waals surface area contributed by atoms with Crippen molar-refractivity contribution in [1.82, 2.24) is 10.2 Å². The van der Waals surface area contributed by atoms with Crippen LogP contribution in [0.3, 0.4) is 0 Å². The highest BCUT2D eigenvalue weighted by Gasteiger charge is 2.16. The van der Waals surface area contributed by atoms with Crippen molar-refractivity contribution in [2.45, 2.75) is 19.4 Å². The van der Waals surface area contributed by atoms with Crippen LogP contribution in [-0.2, 0) is 0 Å². The maximum absolute atomic E-state index is 8.78. The Hall–Kier alpha value is -1.37. The van der Waals surface area contributed by atoms with Crippen molar-refractivity contribution >= 4 is 0 Å². The first-order chi connectivity index (χ1) is 8.31. The number of nitriles is 1. The average molecular weight is 229 g/mol. The molecule has 0 saturated carbocycles. The van der Waals surface area contributed by atoms with Crippen LogP contribution in [0.1, 0.15) is 30.5 Å². The Bertz CT molecular complexity index is 383. The Morgan fingerprint density at radius 3 is 2.71 bits per heavy atom. The standard InChI is InChI=1S/C14H19N3/c1-12(17-9-2-7-16-8-10-17)14-5-3-13(11-15)4-6-14/h3-6,12,16H,2,7-10H2,1H3. The molecule has 0 aliphatic carbocycles. The SMILES string of the molecule is CC(c1ccc(C#N)cc1)N1CCCNCC1. The van der Waals surface area contributed by atoms with Crippen molar-refractivity contribution in [2.75, 3.05) is 26.2 Å². The molecule has 0 radical (unpaired) electrons. The fourth-order valence-electron chi connectivity index (χ4n) is 2.30. The third-order valence-corrected chi connectivity index (χ3v) is 3.44. The Labute approximate surface area is 103 Å². The average Bonchev–Trinajstić information content (AvgIpc) is 2.67. The van der Waals surface area contributed by atoms with Gasteiger partial charge in [-0.1, -0.05) is 12.1 Å². The van der Waals surface area contributed by atoms with E-state index in [0.29, 0.717) is 6.04 Å². The van der Waals surface area contributed by atoms with E-state index in [0.717, 1.165) is 31.7 Å². The van der Waals surface area contributed by atoms with Gasteiger partial charge in [0.25, 0.3) is 0 Å². The monoisotopic (exact) mass is 229 g/mol. The zero-order valence-electron chi connectivity index (χ0n) is 10.3. The molecule has 0 spiro atoms. The number of hydrogen-bond acceptors (Lipinski definition) is 3. The first kappa shape index (κ1) is 12.1. The number of nitrogens with zero attached hydrogens (tertiary/aromatic N) is 2. The van der Waals surface area contributed by atoms with E-state index in [4.69, 9.17) is 5.26 Å². The summed E-state index contributed by atoms with van der Waals surface area (Å²) in [7, 11) is 0. The predicted molar refractivity (Wildman–Crippen MR) is 68.6 cm³/mol. The van der Waals surface area contributed by atoms with Crippen LogP contribution < -0.4 is 5.32 Å². The van der Waals surface area contributed by atoms with Crippen LogP contribution in [0.5, 0.6) is 0 Å². The van der Waals surface area contributed by atoms with Crippen LogP contribution in [0.25, 0.3) is 0 Å². The molecule has 1 aliphatic heterocycles. The summed E-state index contributed by atoms with van der Waals surface area (Å²) in [6.07, 6.45) is 1.21. The molecule has 1 fully saturated rings. The summed E-state index contributed by atoms with van der Waals surface area (Å²) in [6.45, 7) is 6.68. The molecule has 0 bridgehead atoms. The van der Waals surface area contributed by atoms with Crippen LogP contribution in [0.4, 0.5) is 0 Å². The summed E-state index contributed by atoms with van der Waals surface area (Å²) in [5.41, 5.74) is 2.03. The number of hydrogen-bond donors (Lipinski definition) is 1. The second kappa shape index (κ2) is 5.81. The fraction of sp³-hybridized carbons (Fsp3) is 0.500. The van der Waals surface area contributed by atoms with E-state index in [1.807, 2.05) is 12.1 Å². The molecule has 17 heavy (non-hydrogen) atoms. The van der Waals surface area contributed by atoms with E-state index in [1.54, 1.807) is 0 Å². The highest BCUT2D eigenvalue weighted by Crippen LogP contribution is 2.20. The number of benzene rings is 1. The van der Waals surface area contributed by atoms with Crippen molar-refractivity contribution in [2.24, 2.45) is 0 Å². The predicted octanol–water partition coefficient (Wildman–Crippen LogP) is 1.91. The molecule has 1 N–H and O–H groups in total. The Morgan fingerprint density at radius 1 is 1.24 bits per heavy atom. The van der Waals surface area contributed by atoms with Gasteiger partial charge in [-0.3, -0.25) is 4.90 Å². The molecule has 90 valence electrons. The molecule has 1 saturated heterocycles. The molecular weight excluding hydrogens is 210 g/mol. The van der Waals surface area contributed by atoms with E-state index in [-0.39, 0.29) is 0 Å². The van der Waals surface area contributed by atoms with Crippen molar-refractivity contribution in [3.05, 3.63) is 35.4 Å². The van der Waals surface area contributed by atoms with Crippen molar-refractivity contribution < 1.29 is 0 Å². The van der Waals surface area contributed by atoms with Gasteiger partial charge in [-0.2, -0.15) is 5.26 Å². The van der Waals surface area contributed by atoms with E-state index in [1.165, 1.54) is 12.0 Å². The topological polar surface area (TPSA) is 39.1 Å². The van der Waals surface area contributed by atoms with Gasteiger partial charge in [-0.15, -0.1) is 0 Å². The molecule has 2 rings (SSSR count). The van der Waals surface area contributed by atoms with Crippen LogP contribution in [0.15, 0.2) is 24.3 Å². The first-order valence-electron chi connectivity index (χ1n) is 6.26. The Balaban J connectivity index is 2.06. The lowest BCUT2D eigenvalue weighted by atomic mass is 10.0.